The van der Waals surface area contributed by atoms with Crippen LogP contribution in [0.4, 0.5) is 0 Å². The summed E-state index contributed by atoms with van der Waals surface area (Å²) in [5.74, 6) is 0.189. The van der Waals surface area contributed by atoms with Crippen LogP contribution in [0.5, 0.6) is 0 Å². The van der Waals surface area contributed by atoms with Gasteiger partial charge in [-0.3, -0.25) is 4.79 Å². The molecule has 0 saturated carbocycles. The van der Waals surface area contributed by atoms with E-state index in [0.717, 1.165) is 24.1 Å². The second-order valence-corrected chi connectivity index (χ2v) is 8.54. The Kier molecular flexibility index (Phi) is 6.16. The number of rotatable bonds is 6. The molecule has 0 spiro atoms. The lowest BCUT2D eigenvalue weighted by atomic mass is 9.89. The van der Waals surface area contributed by atoms with Crippen molar-refractivity contribution >= 4 is 29.3 Å². The molecule has 3 aromatic rings. The standard InChI is InChI=1S/C21H22ClN5OS/c1-14(16-7-6-15-4-2-3-5-17(15)12-16)23-20(28)13-29-21-24-25-26-27(21)19-10-8-18(22)9-11-19/h6-12,14H,2-5,13H2,1H3,(H,23,28)/t14-/m0/s1. The highest BCUT2D eigenvalue weighted by molar-refractivity contribution is 7.99. The summed E-state index contributed by atoms with van der Waals surface area (Å²) in [6.07, 6.45) is 4.81. The number of nitrogens with zero attached hydrogens (tertiary/aromatic N) is 4. The molecule has 150 valence electrons. The van der Waals surface area contributed by atoms with Gasteiger partial charge in [0.25, 0.3) is 0 Å². The van der Waals surface area contributed by atoms with Crippen LogP contribution >= 0.6 is 23.4 Å². The number of tetrazole rings is 1. The fourth-order valence-corrected chi connectivity index (χ4v) is 4.36. The van der Waals surface area contributed by atoms with Gasteiger partial charge in [-0.1, -0.05) is 41.6 Å². The molecule has 1 amide bonds. The van der Waals surface area contributed by atoms with Crippen LogP contribution in [0.3, 0.4) is 0 Å². The van der Waals surface area contributed by atoms with Crippen LogP contribution in [0.1, 0.15) is 42.5 Å². The first kappa shape index (κ1) is 19.9. The molecule has 1 aliphatic carbocycles. The topological polar surface area (TPSA) is 72.7 Å². The van der Waals surface area contributed by atoms with Gasteiger partial charge in [0.05, 0.1) is 17.5 Å². The van der Waals surface area contributed by atoms with E-state index < -0.39 is 0 Å². The van der Waals surface area contributed by atoms with E-state index in [4.69, 9.17) is 11.6 Å². The third kappa shape index (κ3) is 4.79. The van der Waals surface area contributed by atoms with Crippen LogP contribution in [0.2, 0.25) is 5.02 Å². The monoisotopic (exact) mass is 427 g/mol. The van der Waals surface area contributed by atoms with Gasteiger partial charge in [-0.25, -0.2) is 0 Å². The quantitative estimate of drug-likeness (QED) is 0.598. The molecule has 0 unspecified atom stereocenters. The number of hydrogen-bond acceptors (Lipinski definition) is 5. The number of halogens is 1. The predicted octanol–water partition coefficient (Wildman–Crippen LogP) is 4.16. The van der Waals surface area contributed by atoms with E-state index in [1.807, 2.05) is 19.1 Å². The summed E-state index contributed by atoms with van der Waals surface area (Å²) in [6, 6.07) is 13.8. The van der Waals surface area contributed by atoms with E-state index >= 15 is 0 Å². The van der Waals surface area contributed by atoms with Crippen molar-refractivity contribution in [2.75, 3.05) is 5.75 Å². The van der Waals surface area contributed by atoms with Gasteiger partial charge in [0, 0.05) is 5.02 Å². The Balaban J connectivity index is 1.36. The molecular weight excluding hydrogens is 406 g/mol. The smallest absolute Gasteiger partial charge is 0.230 e. The summed E-state index contributed by atoms with van der Waals surface area (Å²) in [5, 5.41) is 16.0. The van der Waals surface area contributed by atoms with E-state index in [0.29, 0.717) is 10.2 Å². The normalized spacial score (nSPS) is 14.3. The number of aromatic nitrogens is 4. The lowest BCUT2D eigenvalue weighted by Crippen LogP contribution is -2.28. The maximum atomic E-state index is 12.5. The number of benzene rings is 2. The fourth-order valence-electron chi connectivity index (χ4n) is 3.53. The van der Waals surface area contributed by atoms with Crippen molar-refractivity contribution in [3.8, 4) is 5.69 Å². The highest BCUT2D eigenvalue weighted by Gasteiger charge is 2.16. The minimum atomic E-state index is -0.0501. The van der Waals surface area contributed by atoms with Gasteiger partial charge in [0.15, 0.2) is 0 Å². The minimum Gasteiger partial charge on any atom is -0.349 e. The third-order valence-corrected chi connectivity index (χ3v) is 6.27. The lowest BCUT2D eigenvalue weighted by molar-refractivity contribution is -0.119. The number of hydrogen-bond donors (Lipinski definition) is 1. The van der Waals surface area contributed by atoms with Gasteiger partial charge in [-0.15, -0.1) is 5.10 Å². The van der Waals surface area contributed by atoms with Crippen LogP contribution in [-0.2, 0) is 17.6 Å². The van der Waals surface area contributed by atoms with Crippen LogP contribution in [0.25, 0.3) is 5.69 Å². The Morgan fingerprint density at radius 1 is 1.17 bits per heavy atom. The van der Waals surface area contributed by atoms with E-state index in [2.05, 4.69) is 39.0 Å². The number of nitrogens with one attached hydrogen (secondary N) is 1. The molecule has 4 rings (SSSR count). The van der Waals surface area contributed by atoms with Crippen LogP contribution in [0.15, 0.2) is 47.6 Å². The van der Waals surface area contributed by atoms with E-state index in [1.165, 1.54) is 35.7 Å². The minimum absolute atomic E-state index is 0.0393. The predicted molar refractivity (Wildman–Crippen MR) is 115 cm³/mol. The summed E-state index contributed by atoms with van der Waals surface area (Å²) in [7, 11) is 0. The first-order valence-electron chi connectivity index (χ1n) is 9.68. The third-order valence-electron chi connectivity index (χ3n) is 5.09. The molecule has 0 fully saturated rings. The van der Waals surface area contributed by atoms with Crippen LogP contribution in [-0.4, -0.2) is 31.9 Å². The molecule has 1 N–H and O–H groups in total. The Bertz CT molecular complexity index is 1000. The molecule has 0 radical (unpaired) electrons. The molecule has 1 aliphatic rings. The Morgan fingerprint density at radius 2 is 1.93 bits per heavy atom. The van der Waals surface area contributed by atoms with Gasteiger partial charge in [0.2, 0.25) is 11.1 Å². The zero-order chi connectivity index (χ0) is 20.2. The zero-order valence-corrected chi connectivity index (χ0v) is 17.7. The largest absolute Gasteiger partial charge is 0.349 e. The summed E-state index contributed by atoms with van der Waals surface area (Å²) < 4.78 is 1.60. The number of amides is 1. The summed E-state index contributed by atoms with van der Waals surface area (Å²) in [4.78, 5) is 12.5. The number of aryl methyl sites for hydroxylation is 2. The van der Waals surface area contributed by atoms with E-state index in [-0.39, 0.29) is 17.7 Å². The molecule has 0 aliphatic heterocycles. The van der Waals surface area contributed by atoms with Gasteiger partial charge in [-0.2, -0.15) is 4.68 Å². The molecule has 6 nitrogen and oxygen atoms in total. The Labute approximate surface area is 179 Å². The first-order valence-corrected chi connectivity index (χ1v) is 11.0. The maximum absolute atomic E-state index is 12.5. The molecule has 1 atom stereocenters. The van der Waals surface area contributed by atoms with Crippen LogP contribution < -0.4 is 5.32 Å². The van der Waals surface area contributed by atoms with Crippen molar-refractivity contribution in [2.24, 2.45) is 0 Å². The van der Waals surface area contributed by atoms with Gasteiger partial charge < -0.3 is 5.32 Å². The van der Waals surface area contributed by atoms with Crippen molar-refractivity contribution < 1.29 is 4.79 Å². The van der Waals surface area contributed by atoms with Crippen LogP contribution in [0, 0.1) is 0 Å². The summed E-state index contributed by atoms with van der Waals surface area (Å²) in [5.41, 5.74) is 4.81. The SMILES string of the molecule is C[C@H](NC(=O)CSc1nnnn1-c1ccc(Cl)cc1)c1ccc2c(c1)CCCC2. The number of thioether (sulfide) groups is 1. The molecule has 1 aromatic heterocycles. The molecule has 0 bridgehead atoms. The Morgan fingerprint density at radius 3 is 2.72 bits per heavy atom. The Hall–Kier alpha value is -2.38. The average molecular weight is 428 g/mol. The summed E-state index contributed by atoms with van der Waals surface area (Å²) in [6.45, 7) is 2.02. The molecule has 29 heavy (non-hydrogen) atoms. The lowest BCUT2D eigenvalue weighted by Gasteiger charge is -2.20. The van der Waals surface area contributed by atoms with Crippen molar-refractivity contribution in [3.63, 3.8) is 0 Å². The average Bonchev–Trinajstić information content (AvgIpc) is 3.21. The van der Waals surface area contributed by atoms with E-state index in [1.54, 1.807) is 16.8 Å². The summed E-state index contributed by atoms with van der Waals surface area (Å²) >= 11 is 7.24. The first-order chi connectivity index (χ1) is 14.1. The van der Waals surface area contributed by atoms with Crippen molar-refractivity contribution in [1.82, 2.24) is 25.5 Å². The highest BCUT2D eigenvalue weighted by atomic mass is 35.5. The maximum Gasteiger partial charge on any atom is 0.230 e. The van der Waals surface area contributed by atoms with Crippen molar-refractivity contribution in [1.29, 1.82) is 0 Å². The van der Waals surface area contributed by atoms with Crippen molar-refractivity contribution in [2.45, 2.75) is 43.8 Å². The molecular formula is C21H22ClN5OS. The second-order valence-electron chi connectivity index (χ2n) is 7.16. The molecule has 0 saturated heterocycles. The highest BCUT2D eigenvalue weighted by Crippen LogP contribution is 2.25. The zero-order valence-electron chi connectivity index (χ0n) is 16.1. The van der Waals surface area contributed by atoms with Gasteiger partial charge >= 0.3 is 0 Å². The molecule has 2 aromatic carbocycles. The van der Waals surface area contributed by atoms with E-state index in [9.17, 15) is 4.79 Å². The number of carbonyl (C=O) groups is 1. The molecule has 1 heterocycles. The second kappa shape index (κ2) is 8.97. The fraction of sp³-hybridized carbons (Fsp3) is 0.333. The van der Waals surface area contributed by atoms with Crippen molar-refractivity contribution in [3.05, 3.63) is 64.2 Å². The number of fused-ring (bicyclic) bond motifs is 1. The van der Waals surface area contributed by atoms with Gasteiger partial charge in [-0.05, 0) is 84.0 Å². The molecule has 8 heteroatoms. The number of carbonyl (C=O) groups excluding carboxylic acids is 1. The van der Waals surface area contributed by atoms with Gasteiger partial charge in [0.1, 0.15) is 0 Å².